The van der Waals surface area contributed by atoms with E-state index in [0.717, 1.165) is 0 Å². The summed E-state index contributed by atoms with van der Waals surface area (Å²) in [5, 5.41) is 0. The smallest absolute Gasteiger partial charge is 0.104 e. The van der Waals surface area contributed by atoms with Crippen LogP contribution in [0.2, 0.25) is 0 Å². The predicted octanol–water partition coefficient (Wildman–Crippen LogP) is 4.58. The Morgan fingerprint density at radius 2 is 1.61 bits per heavy atom. The monoisotopic (exact) mass is 248 g/mol. The van der Waals surface area contributed by atoms with Gasteiger partial charge < -0.3 is 4.48 Å². The number of quaternary nitrogens is 1. The topological polar surface area (TPSA) is 0 Å². The lowest BCUT2D eigenvalue weighted by atomic mass is 9.96. The molecule has 0 aliphatic carbocycles. The molecule has 1 unspecified atom stereocenters. The van der Waals surface area contributed by atoms with Crippen LogP contribution in [0.15, 0.2) is 24.3 Å². The number of rotatable bonds is 7. The standard InChI is InChI=1S/C17H30N/c1-6-15(5)17-12-10-11-16(13-17)14-18(7-2,8-3)9-4/h10-13,15H,6-9,14H2,1-5H3/q+1. The van der Waals surface area contributed by atoms with Crippen LogP contribution < -0.4 is 0 Å². The predicted molar refractivity (Wildman–Crippen MR) is 80.7 cm³/mol. The van der Waals surface area contributed by atoms with Gasteiger partial charge in [0.2, 0.25) is 0 Å². The zero-order valence-corrected chi connectivity index (χ0v) is 12.9. The van der Waals surface area contributed by atoms with Crippen molar-refractivity contribution in [3.63, 3.8) is 0 Å². The van der Waals surface area contributed by atoms with Crippen LogP contribution in [-0.4, -0.2) is 24.1 Å². The van der Waals surface area contributed by atoms with Gasteiger partial charge in [-0.1, -0.05) is 32.0 Å². The molecule has 1 rings (SSSR count). The Balaban J connectivity index is 2.90. The second-order valence-corrected chi connectivity index (χ2v) is 5.50. The van der Waals surface area contributed by atoms with Crippen LogP contribution in [0.3, 0.4) is 0 Å². The second-order valence-electron chi connectivity index (χ2n) is 5.50. The Bertz CT molecular complexity index is 344. The lowest BCUT2D eigenvalue weighted by molar-refractivity contribution is -0.936. The van der Waals surface area contributed by atoms with Crippen molar-refractivity contribution in [2.75, 3.05) is 19.6 Å². The maximum Gasteiger partial charge on any atom is 0.104 e. The summed E-state index contributed by atoms with van der Waals surface area (Å²) in [6.07, 6.45) is 1.22. The molecule has 0 radical (unpaired) electrons. The zero-order chi connectivity index (χ0) is 13.6. The van der Waals surface area contributed by atoms with Crippen LogP contribution in [0.25, 0.3) is 0 Å². The van der Waals surface area contributed by atoms with Gasteiger partial charge in [0, 0.05) is 5.56 Å². The third kappa shape index (κ3) is 3.58. The van der Waals surface area contributed by atoms with Crippen molar-refractivity contribution in [1.82, 2.24) is 0 Å². The Labute approximate surface area is 113 Å². The Morgan fingerprint density at radius 3 is 2.11 bits per heavy atom. The van der Waals surface area contributed by atoms with Crippen LogP contribution in [0.5, 0.6) is 0 Å². The number of hydrogen-bond acceptors (Lipinski definition) is 0. The van der Waals surface area contributed by atoms with E-state index in [1.165, 1.54) is 48.2 Å². The molecule has 102 valence electrons. The normalized spacial score (nSPS) is 13.6. The maximum absolute atomic E-state index is 2.42. The van der Waals surface area contributed by atoms with E-state index in [1.807, 2.05) is 0 Å². The zero-order valence-electron chi connectivity index (χ0n) is 12.9. The quantitative estimate of drug-likeness (QED) is 0.620. The lowest BCUT2D eigenvalue weighted by Gasteiger charge is -2.36. The molecular formula is C17H30N+. The summed E-state index contributed by atoms with van der Waals surface area (Å²) in [5.74, 6) is 0.678. The minimum Gasteiger partial charge on any atom is -0.321 e. The number of nitrogens with zero attached hydrogens (tertiary/aromatic N) is 1. The van der Waals surface area contributed by atoms with Gasteiger partial charge in [-0.05, 0) is 44.7 Å². The average Bonchev–Trinajstić information content (AvgIpc) is 2.44. The molecule has 0 bridgehead atoms. The van der Waals surface area contributed by atoms with E-state index < -0.39 is 0 Å². The number of hydrogen-bond donors (Lipinski definition) is 0. The molecule has 0 spiro atoms. The molecule has 0 aliphatic rings. The van der Waals surface area contributed by atoms with Crippen molar-refractivity contribution in [1.29, 1.82) is 0 Å². The summed E-state index contributed by atoms with van der Waals surface area (Å²) in [4.78, 5) is 0. The summed E-state index contributed by atoms with van der Waals surface area (Å²) in [7, 11) is 0. The van der Waals surface area contributed by atoms with Crippen LogP contribution >= 0.6 is 0 Å². The summed E-state index contributed by atoms with van der Waals surface area (Å²) in [5.41, 5.74) is 3.00. The highest BCUT2D eigenvalue weighted by Crippen LogP contribution is 2.22. The van der Waals surface area contributed by atoms with Gasteiger partial charge in [0.25, 0.3) is 0 Å². The van der Waals surface area contributed by atoms with E-state index in [9.17, 15) is 0 Å². The molecule has 0 fully saturated rings. The van der Waals surface area contributed by atoms with E-state index in [2.05, 4.69) is 58.9 Å². The van der Waals surface area contributed by atoms with Gasteiger partial charge >= 0.3 is 0 Å². The van der Waals surface area contributed by atoms with Crippen molar-refractivity contribution >= 4 is 0 Å². The second kappa shape index (κ2) is 6.94. The van der Waals surface area contributed by atoms with Crippen LogP contribution in [0.4, 0.5) is 0 Å². The first-order valence-electron chi connectivity index (χ1n) is 7.54. The highest BCUT2D eigenvalue weighted by atomic mass is 15.3. The van der Waals surface area contributed by atoms with Crippen molar-refractivity contribution < 1.29 is 4.48 Å². The maximum atomic E-state index is 2.42. The van der Waals surface area contributed by atoms with Gasteiger partial charge in [-0.25, -0.2) is 0 Å². The molecule has 1 aromatic carbocycles. The first kappa shape index (κ1) is 15.2. The summed E-state index contributed by atoms with van der Waals surface area (Å²) in [6, 6.07) is 9.21. The van der Waals surface area contributed by atoms with E-state index in [-0.39, 0.29) is 0 Å². The molecule has 1 aromatic rings. The van der Waals surface area contributed by atoms with Gasteiger partial charge in [-0.2, -0.15) is 0 Å². The fourth-order valence-electron chi connectivity index (χ4n) is 2.63. The van der Waals surface area contributed by atoms with Gasteiger partial charge in [0.05, 0.1) is 19.6 Å². The largest absolute Gasteiger partial charge is 0.321 e. The summed E-state index contributed by atoms with van der Waals surface area (Å²) >= 11 is 0. The van der Waals surface area contributed by atoms with Crippen LogP contribution in [-0.2, 0) is 6.54 Å². The van der Waals surface area contributed by atoms with Gasteiger partial charge in [-0.15, -0.1) is 0 Å². The van der Waals surface area contributed by atoms with Gasteiger partial charge in [0.1, 0.15) is 6.54 Å². The van der Waals surface area contributed by atoms with Crippen molar-refractivity contribution in [3.8, 4) is 0 Å². The minimum atomic E-state index is 0.678. The highest BCUT2D eigenvalue weighted by Gasteiger charge is 2.21. The lowest BCUT2D eigenvalue weighted by Crippen LogP contribution is -2.46. The van der Waals surface area contributed by atoms with Gasteiger partial charge in [0.15, 0.2) is 0 Å². The minimum absolute atomic E-state index is 0.678. The fraction of sp³-hybridized carbons (Fsp3) is 0.647. The van der Waals surface area contributed by atoms with E-state index >= 15 is 0 Å². The molecule has 0 aliphatic heterocycles. The van der Waals surface area contributed by atoms with E-state index in [4.69, 9.17) is 0 Å². The van der Waals surface area contributed by atoms with Crippen molar-refractivity contribution in [3.05, 3.63) is 35.4 Å². The molecular weight excluding hydrogens is 218 g/mol. The Hall–Kier alpha value is -0.820. The molecule has 0 amide bonds. The molecule has 0 aromatic heterocycles. The average molecular weight is 248 g/mol. The van der Waals surface area contributed by atoms with Crippen molar-refractivity contribution in [2.45, 2.75) is 53.5 Å². The molecule has 1 nitrogen and oxygen atoms in total. The third-order valence-corrected chi connectivity index (χ3v) is 4.66. The van der Waals surface area contributed by atoms with Crippen LogP contribution in [0, 0.1) is 0 Å². The first-order valence-corrected chi connectivity index (χ1v) is 7.54. The molecule has 0 N–H and O–H groups in total. The van der Waals surface area contributed by atoms with E-state index in [1.54, 1.807) is 0 Å². The summed E-state index contributed by atoms with van der Waals surface area (Å²) < 4.78 is 1.20. The molecule has 0 heterocycles. The first-order chi connectivity index (χ1) is 8.60. The molecule has 1 atom stereocenters. The third-order valence-electron chi connectivity index (χ3n) is 4.66. The van der Waals surface area contributed by atoms with Crippen LogP contribution in [0.1, 0.15) is 58.1 Å². The Kier molecular flexibility index (Phi) is 5.87. The van der Waals surface area contributed by atoms with Gasteiger partial charge in [-0.3, -0.25) is 0 Å². The van der Waals surface area contributed by atoms with E-state index in [0.29, 0.717) is 5.92 Å². The fourth-order valence-corrected chi connectivity index (χ4v) is 2.63. The molecule has 1 heteroatoms. The molecule has 0 saturated heterocycles. The SMILES string of the molecule is CCC(C)c1cccc(C[N+](CC)(CC)CC)c1. The molecule has 18 heavy (non-hydrogen) atoms. The molecule has 0 saturated carbocycles. The summed E-state index contributed by atoms with van der Waals surface area (Å²) in [6.45, 7) is 16.4. The number of benzene rings is 1. The van der Waals surface area contributed by atoms with Crippen molar-refractivity contribution in [2.24, 2.45) is 0 Å². The highest BCUT2D eigenvalue weighted by molar-refractivity contribution is 5.25. The Morgan fingerprint density at radius 1 is 1.00 bits per heavy atom.